The van der Waals surface area contributed by atoms with E-state index in [-0.39, 0.29) is 17.6 Å². The smallest absolute Gasteiger partial charge is 0.338 e. The van der Waals surface area contributed by atoms with E-state index in [2.05, 4.69) is 20.8 Å². The molecule has 1 unspecified atom stereocenters. The van der Waals surface area contributed by atoms with Gasteiger partial charge >= 0.3 is 5.97 Å². The number of hydrogen-bond donors (Lipinski definition) is 1. The second-order valence-corrected chi connectivity index (χ2v) is 7.71. The molecule has 0 radical (unpaired) electrons. The number of anilines is 1. The molecule has 5 heteroatoms. The predicted octanol–water partition coefficient (Wildman–Crippen LogP) is 6.80. The average molecular weight is 413 g/mol. The molecule has 0 heterocycles. The fourth-order valence-electron chi connectivity index (χ4n) is 3.17. The van der Waals surface area contributed by atoms with Crippen LogP contribution >= 0.6 is 0 Å². The SMILES string of the molecule is CCCCCCOC(=O)c1ccc(/N=C(\C)c2ccc(N)c(F)c2)c(C(C)CC)c1. The Morgan fingerprint density at radius 2 is 1.83 bits per heavy atom. The molecule has 1 atom stereocenters. The number of esters is 1. The lowest BCUT2D eigenvalue weighted by molar-refractivity contribution is 0.0497. The fourth-order valence-corrected chi connectivity index (χ4v) is 3.17. The third-order valence-corrected chi connectivity index (χ3v) is 5.34. The molecule has 2 aromatic rings. The summed E-state index contributed by atoms with van der Waals surface area (Å²) in [5.41, 5.74) is 9.34. The number of carbonyl (C=O) groups excluding carboxylic acids is 1. The molecule has 0 saturated carbocycles. The van der Waals surface area contributed by atoms with Crippen LogP contribution in [-0.4, -0.2) is 18.3 Å². The molecule has 0 saturated heterocycles. The Kier molecular flexibility index (Phi) is 9.03. The number of nitrogens with zero attached hydrogens (tertiary/aromatic N) is 1. The van der Waals surface area contributed by atoms with Crippen LogP contribution in [0.15, 0.2) is 41.4 Å². The van der Waals surface area contributed by atoms with Crippen LogP contribution in [0.4, 0.5) is 15.8 Å². The zero-order valence-corrected chi connectivity index (χ0v) is 18.5. The van der Waals surface area contributed by atoms with Crippen molar-refractivity contribution < 1.29 is 13.9 Å². The first-order valence-electron chi connectivity index (χ1n) is 10.8. The van der Waals surface area contributed by atoms with Gasteiger partial charge in [-0.1, -0.05) is 46.1 Å². The first-order chi connectivity index (χ1) is 14.4. The van der Waals surface area contributed by atoms with Gasteiger partial charge in [-0.05, 0) is 67.1 Å². The fraction of sp³-hybridized carbons (Fsp3) is 0.440. The lowest BCUT2D eigenvalue weighted by Crippen LogP contribution is -2.08. The number of carbonyl (C=O) groups is 1. The minimum atomic E-state index is -0.457. The van der Waals surface area contributed by atoms with Crippen LogP contribution < -0.4 is 5.73 Å². The second-order valence-electron chi connectivity index (χ2n) is 7.71. The number of hydrogen-bond acceptors (Lipinski definition) is 4. The summed E-state index contributed by atoms with van der Waals surface area (Å²) < 4.78 is 19.3. The number of nitrogen functional groups attached to an aromatic ring is 1. The molecule has 0 aliphatic heterocycles. The summed E-state index contributed by atoms with van der Waals surface area (Å²) in [4.78, 5) is 17.2. The number of rotatable bonds is 10. The Hall–Kier alpha value is -2.69. The molecule has 2 N–H and O–H groups in total. The third-order valence-electron chi connectivity index (χ3n) is 5.34. The normalized spacial score (nSPS) is 12.6. The van der Waals surface area contributed by atoms with Crippen molar-refractivity contribution in [1.29, 1.82) is 0 Å². The summed E-state index contributed by atoms with van der Waals surface area (Å²) in [6.07, 6.45) is 5.17. The molecular weight excluding hydrogens is 379 g/mol. The van der Waals surface area contributed by atoms with Crippen molar-refractivity contribution in [3.05, 3.63) is 58.9 Å². The lowest BCUT2D eigenvalue weighted by atomic mass is 9.95. The molecule has 0 fully saturated rings. The molecule has 0 bridgehead atoms. The van der Waals surface area contributed by atoms with Gasteiger partial charge in [-0.3, -0.25) is 4.99 Å². The quantitative estimate of drug-likeness (QED) is 0.202. The predicted molar refractivity (Wildman–Crippen MR) is 122 cm³/mol. The highest BCUT2D eigenvalue weighted by Crippen LogP contribution is 2.31. The van der Waals surface area contributed by atoms with Crippen LogP contribution in [0.1, 0.15) is 87.2 Å². The summed E-state index contributed by atoms with van der Waals surface area (Å²) in [6, 6.07) is 10.1. The van der Waals surface area contributed by atoms with E-state index in [4.69, 9.17) is 15.5 Å². The van der Waals surface area contributed by atoms with Crippen molar-refractivity contribution in [3.8, 4) is 0 Å². The van der Waals surface area contributed by atoms with Crippen molar-refractivity contribution in [2.45, 2.75) is 65.7 Å². The lowest BCUT2D eigenvalue weighted by Gasteiger charge is -2.15. The van der Waals surface area contributed by atoms with E-state index in [0.717, 1.165) is 43.4 Å². The van der Waals surface area contributed by atoms with Gasteiger partial charge < -0.3 is 10.5 Å². The summed E-state index contributed by atoms with van der Waals surface area (Å²) >= 11 is 0. The topological polar surface area (TPSA) is 64.7 Å². The van der Waals surface area contributed by atoms with E-state index in [9.17, 15) is 9.18 Å². The van der Waals surface area contributed by atoms with Crippen LogP contribution in [0.5, 0.6) is 0 Å². The highest BCUT2D eigenvalue weighted by molar-refractivity contribution is 6.01. The summed E-state index contributed by atoms with van der Waals surface area (Å²) in [5, 5.41) is 0. The van der Waals surface area contributed by atoms with Gasteiger partial charge in [-0.25, -0.2) is 9.18 Å². The number of benzene rings is 2. The Balaban J connectivity index is 2.25. The number of ether oxygens (including phenoxy) is 1. The largest absolute Gasteiger partial charge is 0.462 e. The highest BCUT2D eigenvalue weighted by Gasteiger charge is 2.15. The summed E-state index contributed by atoms with van der Waals surface area (Å²) in [6.45, 7) is 8.63. The second kappa shape index (κ2) is 11.5. The molecule has 162 valence electrons. The van der Waals surface area contributed by atoms with E-state index in [1.54, 1.807) is 18.2 Å². The van der Waals surface area contributed by atoms with Gasteiger partial charge in [0.1, 0.15) is 5.82 Å². The maximum atomic E-state index is 13.8. The Labute approximate surface area is 179 Å². The average Bonchev–Trinajstić information content (AvgIpc) is 2.74. The Morgan fingerprint density at radius 3 is 2.50 bits per heavy atom. The van der Waals surface area contributed by atoms with Gasteiger partial charge in [0.25, 0.3) is 0 Å². The standard InChI is InChI=1S/C25H33FN2O2/c1-5-7-8-9-14-30-25(29)20-11-13-24(21(15-20)17(3)6-2)28-18(4)19-10-12-23(27)22(26)16-19/h10-13,15-17H,5-9,14,27H2,1-4H3/b28-18+. The van der Waals surface area contributed by atoms with Crippen LogP contribution in [0.2, 0.25) is 0 Å². The summed E-state index contributed by atoms with van der Waals surface area (Å²) in [7, 11) is 0. The summed E-state index contributed by atoms with van der Waals surface area (Å²) in [5.74, 6) is -0.540. The molecule has 2 rings (SSSR count). The number of unbranched alkanes of at least 4 members (excludes halogenated alkanes) is 3. The van der Waals surface area contributed by atoms with Gasteiger partial charge in [0.2, 0.25) is 0 Å². The van der Waals surface area contributed by atoms with Crippen molar-refractivity contribution in [2.24, 2.45) is 4.99 Å². The Morgan fingerprint density at radius 1 is 1.10 bits per heavy atom. The molecule has 0 aromatic heterocycles. The molecular formula is C25H33FN2O2. The van der Waals surface area contributed by atoms with Crippen molar-refractivity contribution in [1.82, 2.24) is 0 Å². The zero-order chi connectivity index (χ0) is 22.1. The third kappa shape index (κ3) is 6.41. The van der Waals surface area contributed by atoms with E-state index in [1.807, 2.05) is 19.1 Å². The number of nitrogens with two attached hydrogens (primary N) is 1. The van der Waals surface area contributed by atoms with Gasteiger partial charge in [-0.15, -0.1) is 0 Å². The number of halogens is 1. The molecule has 2 aromatic carbocycles. The van der Waals surface area contributed by atoms with E-state index in [0.29, 0.717) is 23.4 Å². The molecule has 0 aliphatic carbocycles. The minimum Gasteiger partial charge on any atom is -0.462 e. The maximum absolute atomic E-state index is 13.8. The van der Waals surface area contributed by atoms with Crippen molar-refractivity contribution >= 4 is 23.1 Å². The monoisotopic (exact) mass is 412 g/mol. The zero-order valence-electron chi connectivity index (χ0n) is 18.5. The van der Waals surface area contributed by atoms with Gasteiger partial charge in [0.05, 0.1) is 23.5 Å². The first-order valence-corrected chi connectivity index (χ1v) is 10.8. The molecule has 0 amide bonds. The van der Waals surface area contributed by atoms with E-state index >= 15 is 0 Å². The maximum Gasteiger partial charge on any atom is 0.338 e. The van der Waals surface area contributed by atoms with Crippen molar-refractivity contribution in [2.75, 3.05) is 12.3 Å². The minimum absolute atomic E-state index is 0.115. The Bertz CT molecular complexity index is 893. The molecule has 0 aliphatic rings. The van der Waals surface area contributed by atoms with Crippen molar-refractivity contribution in [3.63, 3.8) is 0 Å². The van der Waals surface area contributed by atoms with E-state index < -0.39 is 5.82 Å². The van der Waals surface area contributed by atoms with Crippen LogP contribution in [0.3, 0.4) is 0 Å². The van der Waals surface area contributed by atoms with Crippen LogP contribution in [0, 0.1) is 5.82 Å². The van der Waals surface area contributed by atoms with Gasteiger partial charge in [0.15, 0.2) is 0 Å². The van der Waals surface area contributed by atoms with E-state index in [1.165, 1.54) is 6.07 Å². The highest BCUT2D eigenvalue weighted by atomic mass is 19.1. The van der Waals surface area contributed by atoms with Gasteiger partial charge in [0, 0.05) is 5.71 Å². The number of aliphatic imine (C=N–C) groups is 1. The van der Waals surface area contributed by atoms with Crippen LogP contribution in [-0.2, 0) is 4.74 Å². The first kappa shape index (κ1) is 23.6. The van der Waals surface area contributed by atoms with Crippen LogP contribution in [0.25, 0.3) is 0 Å². The molecule has 0 spiro atoms. The molecule has 30 heavy (non-hydrogen) atoms. The van der Waals surface area contributed by atoms with Gasteiger partial charge in [-0.2, -0.15) is 0 Å². The molecule has 4 nitrogen and oxygen atoms in total.